The Labute approximate surface area is 91.4 Å². The van der Waals surface area contributed by atoms with Gasteiger partial charge < -0.3 is 11.1 Å². The highest BCUT2D eigenvalue weighted by molar-refractivity contribution is 5.81. The predicted molar refractivity (Wildman–Crippen MR) is 62.3 cm³/mol. The maximum absolute atomic E-state index is 11.5. The molecule has 0 saturated heterocycles. The zero-order valence-electron chi connectivity index (χ0n) is 9.11. The molecule has 84 valence electrons. The molecular weight excluding hydrogens is 188 g/mol. The van der Waals surface area contributed by atoms with Crippen molar-refractivity contribution in [3.05, 3.63) is 24.8 Å². The molecule has 1 aliphatic rings. The van der Waals surface area contributed by atoms with Gasteiger partial charge >= 0.3 is 0 Å². The molecule has 15 heavy (non-hydrogen) atoms. The molecule has 1 amide bonds. The molecule has 1 aliphatic carbocycles. The van der Waals surface area contributed by atoms with E-state index < -0.39 is 6.04 Å². The molecule has 0 bridgehead atoms. The first-order valence-corrected chi connectivity index (χ1v) is 5.53. The summed E-state index contributed by atoms with van der Waals surface area (Å²) in [5, 5.41) is 2.89. The predicted octanol–water partition coefficient (Wildman–Crippen LogP) is 1.36. The van der Waals surface area contributed by atoms with E-state index in [0.29, 0.717) is 12.3 Å². The number of carbonyl (C=O) groups is 1. The van der Waals surface area contributed by atoms with E-state index in [2.05, 4.69) is 24.0 Å². The summed E-state index contributed by atoms with van der Waals surface area (Å²) in [7, 11) is 0. The Kier molecular flexibility index (Phi) is 5.12. The van der Waals surface area contributed by atoms with Crippen molar-refractivity contribution < 1.29 is 4.79 Å². The average molecular weight is 208 g/mol. The number of hydrogen-bond donors (Lipinski definition) is 2. The van der Waals surface area contributed by atoms with Crippen molar-refractivity contribution in [1.82, 2.24) is 5.32 Å². The van der Waals surface area contributed by atoms with Gasteiger partial charge in [0.2, 0.25) is 5.91 Å². The fraction of sp³-hybridized carbons (Fsp3) is 0.583. The van der Waals surface area contributed by atoms with Crippen molar-refractivity contribution in [2.45, 2.75) is 31.7 Å². The second kappa shape index (κ2) is 6.40. The summed E-state index contributed by atoms with van der Waals surface area (Å²) in [6.45, 7) is 4.31. The van der Waals surface area contributed by atoms with Gasteiger partial charge in [-0.15, -0.1) is 6.58 Å². The van der Waals surface area contributed by atoms with Crippen LogP contribution in [-0.2, 0) is 4.79 Å². The number of hydrogen-bond acceptors (Lipinski definition) is 2. The van der Waals surface area contributed by atoms with Gasteiger partial charge in [0.25, 0.3) is 0 Å². The molecule has 2 atom stereocenters. The van der Waals surface area contributed by atoms with Crippen LogP contribution in [0.1, 0.15) is 25.7 Å². The Morgan fingerprint density at radius 1 is 1.67 bits per heavy atom. The van der Waals surface area contributed by atoms with Crippen LogP contribution >= 0.6 is 0 Å². The molecule has 2 unspecified atom stereocenters. The Bertz CT molecular complexity index is 248. The lowest BCUT2D eigenvalue weighted by Gasteiger charge is -2.19. The first kappa shape index (κ1) is 12.0. The van der Waals surface area contributed by atoms with Crippen LogP contribution in [0.5, 0.6) is 0 Å². The summed E-state index contributed by atoms with van der Waals surface area (Å²) in [6, 6.07) is -0.443. The minimum atomic E-state index is -0.443. The fourth-order valence-electron chi connectivity index (χ4n) is 1.70. The molecule has 0 aromatic carbocycles. The molecule has 3 heteroatoms. The second-order valence-corrected chi connectivity index (χ2v) is 4.03. The highest BCUT2D eigenvalue weighted by Crippen LogP contribution is 2.16. The molecule has 1 rings (SSSR count). The molecule has 0 heterocycles. The van der Waals surface area contributed by atoms with E-state index in [9.17, 15) is 4.79 Å². The lowest BCUT2D eigenvalue weighted by molar-refractivity contribution is -0.122. The van der Waals surface area contributed by atoms with Crippen molar-refractivity contribution in [3.8, 4) is 0 Å². The topological polar surface area (TPSA) is 55.1 Å². The second-order valence-electron chi connectivity index (χ2n) is 4.03. The largest absolute Gasteiger partial charge is 0.354 e. The molecular formula is C12H20N2O. The van der Waals surface area contributed by atoms with Crippen LogP contribution in [0.15, 0.2) is 24.8 Å². The minimum absolute atomic E-state index is 0.0653. The zero-order chi connectivity index (χ0) is 11.1. The van der Waals surface area contributed by atoms with Crippen LogP contribution < -0.4 is 11.1 Å². The molecule has 3 N–H and O–H groups in total. The van der Waals surface area contributed by atoms with Gasteiger partial charge in [0.05, 0.1) is 6.04 Å². The van der Waals surface area contributed by atoms with Crippen LogP contribution in [0.25, 0.3) is 0 Å². The zero-order valence-corrected chi connectivity index (χ0v) is 9.11. The van der Waals surface area contributed by atoms with Gasteiger partial charge in [-0.05, 0) is 31.6 Å². The highest BCUT2D eigenvalue weighted by Gasteiger charge is 2.14. The summed E-state index contributed by atoms with van der Waals surface area (Å²) in [6.07, 6.45) is 9.94. The first-order valence-electron chi connectivity index (χ1n) is 5.53. The Morgan fingerprint density at radius 2 is 2.47 bits per heavy atom. The molecule has 0 aliphatic heterocycles. The summed E-state index contributed by atoms with van der Waals surface area (Å²) < 4.78 is 0. The lowest BCUT2D eigenvalue weighted by Crippen LogP contribution is -2.42. The van der Waals surface area contributed by atoms with E-state index in [1.807, 2.05) is 0 Å². The van der Waals surface area contributed by atoms with Gasteiger partial charge in [-0.3, -0.25) is 4.79 Å². The molecule has 0 aromatic heterocycles. The Hall–Kier alpha value is -1.09. The van der Waals surface area contributed by atoms with E-state index >= 15 is 0 Å². The quantitative estimate of drug-likeness (QED) is 0.670. The van der Waals surface area contributed by atoms with Crippen molar-refractivity contribution in [2.75, 3.05) is 6.54 Å². The van der Waals surface area contributed by atoms with Gasteiger partial charge in [-0.2, -0.15) is 0 Å². The third kappa shape index (κ3) is 4.30. The summed E-state index contributed by atoms with van der Waals surface area (Å²) in [5.41, 5.74) is 5.65. The third-order valence-electron chi connectivity index (χ3n) is 2.70. The maximum Gasteiger partial charge on any atom is 0.237 e. The summed E-state index contributed by atoms with van der Waals surface area (Å²) >= 11 is 0. The number of rotatable bonds is 5. The molecule has 0 saturated carbocycles. The Balaban J connectivity index is 2.21. The van der Waals surface area contributed by atoms with E-state index in [0.717, 1.165) is 25.8 Å². The van der Waals surface area contributed by atoms with Crippen molar-refractivity contribution in [3.63, 3.8) is 0 Å². The monoisotopic (exact) mass is 208 g/mol. The molecule has 0 radical (unpaired) electrons. The van der Waals surface area contributed by atoms with Crippen LogP contribution in [0.2, 0.25) is 0 Å². The van der Waals surface area contributed by atoms with Gasteiger partial charge in [0, 0.05) is 6.54 Å². The van der Waals surface area contributed by atoms with E-state index in [1.54, 1.807) is 6.08 Å². The summed E-state index contributed by atoms with van der Waals surface area (Å²) in [5.74, 6) is 0.513. The molecule has 3 nitrogen and oxygen atoms in total. The van der Waals surface area contributed by atoms with E-state index in [4.69, 9.17) is 5.73 Å². The Morgan fingerprint density at radius 3 is 3.07 bits per heavy atom. The van der Waals surface area contributed by atoms with Crippen molar-refractivity contribution in [2.24, 2.45) is 11.7 Å². The SMILES string of the molecule is C=CCC(N)C(=O)NCC1CC=CCC1. The average Bonchev–Trinajstić information content (AvgIpc) is 2.27. The van der Waals surface area contributed by atoms with E-state index in [1.165, 1.54) is 0 Å². The minimum Gasteiger partial charge on any atom is -0.354 e. The van der Waals surface area contributed by atoms with Crippen LogP contribution in [0.3, 0.4) is 0 Å². The highest BCUT2D eigenvalue weighted by atomic mass is 16.2. The van der Waals surface area contributed by atoms with Crippen molar-refractivity contribution >= 4 is 5.91 Å². The number of nitrogens with two attached hydrogens (primary N) is 1. The number of amides is 1. The van der Waals surface area contributed by atoms with Crippen LogP contribution in [-0.4, -0.2) is 18.5 Å². The number of carbonyl (C=O) groups excluding carboxylic acids is 1. The van der Waals surface area contributed by atoms with Crippen LogP contribution in [0, 0.1) is 5.92 Å². The van der Waals surface area contributed by atoms with E-state index in [-0.39, 0.29) is 5.91 Å². The standard InChI is InChI=1S/C12H20N2O/c1-2-6-11(13)12(15)14-9-10-7-4-3-5-8-10/h2-4,10-11H,1,5-9,13H2,(H,14,15). The maximum atomic E-state index is 11.5. The van der Waals surface area contributed by atoms with Gasteiger partial charge in [-0.1, -0.05) is 18.2 Å². The summed E-state index contributed by atoms with van der Waals surface area (Å²) in [4.78, 5) is 11.5. The fourth-order valence-corrected chi connectivity index (χ4v) is 1.70. The normalized spacial score (nSPS) is 22.1. The molecule has 0 fully saturated rings. The smallest absolute Gasteiger partial charge is 0.237 e. The van der Waals surface area contributed by atoms with Crippen LogP contribution in [0.4, 0.5) is 0 Å². The first-order chi connectivity index (χ1) is 7.24. The number of nitrogens with one attached hydrogen (secondary N) is 1. The third-order valence-corrected chi connectivity index (χ3v) is 2.70. The van der Waals surface area contributed by atoms with Crippen molar-refractivity contribution in [1.29, 1.82) is 0 Å². The molecule has 0 spiro atoms. The molecule has 0 aromatic rings. The lowest BCUT2D eigenvalue weighted by atomic mass is 9.94. The van der Waals surface area contributed by atoms with Gasteiger partial charge in [0.1, 0.15) is 0 Å². The van der Waals surface area contributed by atoms with Gasteiger partial charge in [-0.25, -0.2) is 0 Å². The van der Waals surface area contributed by atoms with Gasteiger partial charge in [0.15, 0.2) is 0 Å². The number of allylic oxidation sites excluding steroid dienone is 2.